The molecule has 126 valence electrons. The van der Waals surface area contributed by atoms with Crippen molar-refractivity contribution in [1.29, 1.82) is 0 Å². The van der Waals surface area contributed by atoms with Gasteiger partial charge in [-0.1, -0.05) is 56.9 Å². The third-order valence-corrected chi connectivity index (χ3v) is 5.86. The second-order valence-corrected chi connectivity index (χ2v) is 7.55. The number of benzene rings is 1. The van der Waals surface area contributed by atoms with E-state index in [2.05, 4.69) is 6.92 Å². The first-order valence-corrected chi connectivity index (χ1v) is 9.82. The molecule has 2 nitrogen and oxygen atoms in total. The van der Waals surface area contributed by atoms with E-state index in [-0.39, 0.29) is 17.5 Å². The molecule has 0 bridgehead atoms. The van der Waals surface area contributed by atoms with Gasteiger partial charge in [-0.3, -0.25) is 9.59 Å². The molecule has 1 aliphatic rings. The molecule has 1 aromatic heterocycles. The van der Waals surface area contributed by atoms with Gasteiger partial charge in [0.05, 0.1) is 5.92 Å². The van der Waals surface area contributed by atoms with Crippen LogP contribution in [0.1, 0.15) is 82.5 Å². The molecule has 0 fully saturated rings. The zero-order valence-corrected chi connectivity index (χ0v) is 15.0. The summed E-state index contributed by atoms with van der Waals surface area (Å²) < 4.78 is 0. The zero-order chi connectivity index (χ0) is 16.9. The molecule has 1 atom stereocenters. The van der Waals surface area contributed by atoms with Gasteiger partial charge in [-0.15, -0.1) is 11.3 Å². The van der Waals surface area contributed by atoms with Gasteiger partial charge in [0.25, 0.3) is 0 Å². The van der Waals surface area contributed by atoms with Crippen LogP contribution in [-0.4, -0.2) is 11.6 Å². The standard InChI is InChI=1S/C21H24O2S/c1-2-3-4-5-6-11-19(22)16-13-20(24-14-16)18-12-15-9-7-8-10-17(15)21(18)23/h7-10,13-14,18H,2-6,11-12H2,1H3. The van der Waals surface area contributed by atoms with Crippen LogP contribution in [0, 0.1) is 0 Å². The van der Waals surface area contributed by atoms with Gasteiger partial charge in [-0.2, -0.15) is 0 Å². The highest BCUT2D eigenvalue weighted by atomic mass is 32.1. The summed E-state index contributed by atoms with van der Waals surface area (Å²) in [5.41, 5.74) is 2.76. The highest BCUT2D eigenvalue weighted by molar-refractivity contribution is 7.10. The predicted octanol–water partition coefficient (Wildman–Crippen LogP) is 5.81. The van der Waals surface area contributed by atoms with E-state index in [9.17, 15) is 9.59 Å². The summed E-state index contributed by atoms with van der Waals surface area (Å²) in [6, 6.07) is 9.79. The normalized spacial score (nSPS) is 16.4. The van der Waals surface area contributed by atoms with E-state index in [1.807, 2.05) is 35.7 Å². The molecule has 1 aliphatic carbocycles. The lowest BCUT2D eigenvalue weighted by Crippen LogP contribution is -2.05. The minimum Gasteiger partial charge on any atom is -0.294 e. The van der Waals surface area contributed by atoms with Crippen LogP contribution in [0.15, 0.2) is 35.7 Å². The highest BCUT2D eigenvalue weighted by Crippen LogP contribution is 2.36. The summed E-state index contributed by atoms with van der Waals surface area (Å²) in [5, 5.41) is 1.93. The number of carbonyl (C=O) groups is 2. The first-order chi connectivity index (χ1) is 11.7. The van der Waals surface area contributed by atoms with Crippen LogP contribution in [0.3, 0.4) is 0 Å². The van der Waals surface area contributed by atoms with E-state index >= 15 is 0 Å². The van der Waals surface area contributed by atoms with Crippen molar-refractivity contribution in [3.8, 4) is 0 Å². The van der Waals surface area contributed by atoms with Crippen molar-refractivity contribution in [2.45, 2.75) is 57.8 Å². The van der Waals surface area contributed by atoms with Crippen molar-refractivity contribution in [2.24, 2.45) is 0 Å². The number of unbranched alkanes of at least 4 members (excludes halogenated alkanes) is 4. The maximum Gasteiger partial charge on any atom is 0.171 e. The smallest absolute Gasteiger partial charge is 0.171 e. The van der Waals surface area contributed by atoms with Crippen LogP contribution in [0.5, 0.6) is 0 Å². The van der Waals surface area contributed by atoms with E-state index in [0.29, 0.717) is 6.42 Å². The molecule has 1 heterocycles. The Morgan fingerprint density at radius 2 is 1.96 bits per heavy atom. The van der Waals surface area contributed by atoms with Gasteiger partial charge in [0, 0.05) is 27.8 Å². The molecule has 0 spiro atoms. The third kappa shape index (κ3) is 3.67. The van der Waals surface area contributed by atoms with Crippen molar-refractivity contribution in [2.75, 3.05) is 0 Å². The Labute approximate surface area is 147 Å². The Morgan fingerprint density at radius 3 is 2.75 bits per heavy atom. The van der Waals surface area contributed by atoms with E-state index in [4.69, 9.17) is 0 Å². The maximum atomic E-state index is 12.6. The van der Waals surface area contributed by atoms with Crippen molar-refractivity contribution in [3.05, 3.63) is 57.3 Å². The van der Waals surface area contributed by atoms with Gasteiger partial charge < -0.3 is 0 Å². The fourth-order valence-corrected chi connectivity index (χ4v) is 4.40. The second-order valence-electron chi connectivity index (χ2n) is 6.60. The molecule has 1 unspecified atom stereocenters. The molecule has 2 aromatic rings. The summed E-state index contributed by atoms with van der Waals surface area (Å²) in [5.74, 6) is 0.321. The van der Waals surface area contributed by atoms with E-state index < -0.39 is 0 Å². The lowest BCUT2D eigenvalue weighted by atomic mass is 10.0. The number of ketones is 2. The number of carbonyl (C=O) groups excluding carboxylic acids is 2. The monoisotopic (exact) mass is 340 g/mol. The molecular formula is C21H24O2S. The number of thiophene rings is 1. The molecule has 0 saturated carbocycles. The number of hydrogen-bond donors (Lipinski definition) is 0. The second kappa shape index (κ2) is 7.89. The van der Waals surface area contributed by atoms with Crippen LogP contribution < -0.4 is 0 Å². The first-order valence-electron chi connectivity index (χ1n) is 8.94. The summed E-state index contributed by atoms with van der Waals surface area (Å²) >= 11 is 1.56. The van der Waals surface area contributed by atoms with Crippen LogP contribution in [0.25, 0.3) is 0 Å². The lowest BCUT2D eigenvalue weighted by molar-refractivity contribution is 0.0965. The topological polar surface area (TPSA) is 34.1 Å². The minimum atomic E-state index is -0.0986. The summed E-state index contributed by atoms with van der Waals surface area (Å²) in [6.07, 6.45) is 7.18. The quantitative estimate of drug-likeness (QED) is 0.448. The average molecular weight is 340 g/mol. The number of hydrogen-bond acceptors (Lipinski definition) is 3. The van der Waals surface area contributed by atoms with Crippen molar-refractivity contribution >= 4 is 22.9 Å². The van der Waals surface area contributed by atoms with Crippen molar-refractivity contribution < 1.29 is 9.59 Å². The number of Topliss-reactive ketones (excluding diaryl/α,β-unsaturated/α-hetero) is 2. The average Bonchev–Trinajstić information content (AvgIpc) is 3.20. The van der Waals surface area contributed by atoms with Crippen LogP contribution in [0.4, 0.5) is 0 Å². The number of rotatable bonds is 8. The maximum absolute atomic E-state index is 12.6. The molecule has 0 amide bonds. The summed E-state index contributed by atoms with van der Waals surface area (Å²) in [4.78, 5) is 25.9. The zero-order valence-electron chi connectivity index (χ0n) is 14.2. The van der Waals surface area contributed by atoms with E-state index in [1.54, 1.807) is 11.3 Å². The minimum absolute atomic E-state index is 0.0986. The van der Waals surface area contributed by atoms with Gasteiger partial charge in [0.1, 0.15) is 0 Å². The molecule has 0 radical (unpaired) electrons. The van der Waals surface area contributed by atoms with Crippen LogP contribution >= 0.6 is 11.3 Å². The Balaban J connectivity index is 1.60. The predicted molar refractivity (Wildman–Crippen MR) is 99.2 cm³/mol. The molecular weight excluding hydrogens is 316 g/mol. The molecule has 0 aliphatic heterocycles. The SMILES string of the molecule is CCCCCCCC(=O)c1csc(C2Cc3ccccc3C2=O)c1. The van der Waals surface area contributed by atoms with E-state index in [0.717, 1.165) is 40.8 Å². The van der Waals surface area contributed by atoms with E-state index in [1.165, 1.54) is 19.3 Å². The van der Waals surface area contributed by atoms with Gasteiger partial charge in [-0.25, -0.2) is 0 Å². The molecule has 3 heteroatoms. The van der Waals surface area contributed by atoms with Gasteiger partial charge in [0.15, 0.2) is 11.6 Å². The Morgan fingerprint density at radius 1 is 1.17 bits per heavy atom. The van der Waals surface area contributed by atoms with Crippen molar-refractivity contribution in [1.82, 2.24) is 0 Å². The van der Waals surface area contributed by atoms with Gasteiger partial charge >= 0.3 is 0 Å². The Hall–Kier alpha value is -1.74. The van der Waals surface area contributed by atoms with Crippen LogP contribution in [-0.2, 0) is 6.42 Å². The third-order valence-electron chi connectivity index (χ3n) is 4.82. The molecule has 0 saturated heterocycles. The highest BCUT2D eigenvalue weighted by Gasteiger charge is 2.32. The largest absolute Gasteiger partial charge is 0.294 e. The van der Waals surface area contributed by atoms with Crippen LogP contribution in [0.2, 0.25) is 0 Å². The Bertz CT molecular complexity index is 729. The van der Waals surface area contributed by atoms with Gasteiger partial charge in [-0.05, 0) is 24.5 Å². The summed E-state index contributed by atoms with van der Waals surface area (Å²) in [7, 11) is 0. The Kier molecular flexibility index (Phi) is 5.62. The molecule has 24 heavy (non-hydrogen) atoms. The molecule has 3 rings (SSSR count). The fourth-order valence-electron chi connectivity index (χ4n) is 3.38. The first kappa shape index (κ1) is 17.1. The number of fused-ring (bicyclic) bond motifs is 1. The summed E-state index contributed by atoms with van der Waals surface area (Å²) in [6.45, 7) is 2.20. The van der Waals surface area contributed by atoms with Gasteiger partial charge in [0.2, 0.25) is 0 Å². The van der Waals surface area contributed by atoms with Crippen molar-refractivity contribution in [3.63, 3.8) is 0 Å². The molecule has 1 aromatic carbocycles. The fraction of sp³-hybridized carbons (Fsp3) is 0.429. The lowest BCUT2D eigenvalue weighted by Gasteiger charge is -2.03. The molecule has 0 N–H and O–H groups in total.